The molecule has 0 amide bonds. The third-order valence-electron chi connectivity index (χ3n) is 3.91. The summed E-state index contributed by atoms with van der Waals surface area (Å²) in [5, 5.41) is 0. The van der Waals surface area contributed by atoms with Gasteiger partial charge in [0, 0.05) is 5.56 Å². The zero-order valence-electron chi connectivity index (χ0n) is 13.4. The van der Waals surface area contributed by atoms with Crippen molar-refractivity contribution in [3.05, 3.63) is 54.6 Å². The lowest BCUT2D eigenvalue weighted by atomic mass is 9.99. The molecule has 0 aliphatic rings. The van der Waals surface area contributed by atoms with Crippen molar-refractivity contribution in [2.24, 2.45) is 5.92 Å². The Morgan fingerprint density at radius 2 is 1.68 bits per heavy atom. The Kier molecular flexibility index (Phi) is 6.20. The zero-order valence-corrected chi connectivity index (χ0v) is 13.4. The molecule has 0 aromatic heterocycles. The van der Waals surface area contributed by atoms with Crippen molar-refractivity contribution >= 4 is 5.97 Å². The summed E-state index contributed by atoms with van der Waals surface area (Å²) in [5.41, 5.74) is 2.02. The lowest BCUT2D eigenvalue weighted by molar-refractivity contribution is -0.139. The van der Waals surface area contributed by atoms with Crippen molar-refractivity contribution in [3.8, 4) is 16.9 Å². The molecule has 0 aliphatic heterocycles. The van der Waals surface area contributed by atoms with Gasteiger partial charge in [-0.05, 0) is 24.5 Å². The van der Waals surface area contributed by atoms with E-state index < -0.39 is 0 Å². The standard InChI is InChI=1S/C20H24O2/c1-3-5-11-16(4-2)20(21)22-19-15-10-9-14-18(19)17-12-7-6-8-13-17/h6-10,12-16H,3-5,11H2,1-2H3. The molecule has 0 bridgehead atoms. The average Bonchev–Trinajstić information content (AvgIpc) is 2.57. The minimum atomic E-state index is -0.112. The van der Waals surface area contributed by atoms with Crippen molar-refractivity contribution < 1.29 is 9.53 Å². The summed E-state index contributed by atoms with van der Waals surface area (Å²) in [5.74, 6) is 0.525. The van der Waals surface area contributed by atoms with Crippen LogP contribution in [0.15, 0.2) is 54.6 Å². The smallest absolute Gasteiger partial charge is 0.314 e. The zero-order chi connectivity index (χ0) is 15.8. The molecule has 116 valence electrons. The van der Waals surface area contributed by atoms with Crippen LogP contribution in [-0.2, 0) is 4.79 Å². The molecule has 0 N–H and O–H groups in total. The Balaban J connectivity index is 2.18. The molecule has 2 rings (SSSR count). The fraction of sp³-hybridized carbons (Fsp3) is 0.350. The molecule has 2 aromatic rings. The summed E-state index contributed by atoms with van der Waals surface area (Å²) in [4.78, 5) is 12.4. The van der Waals surface area contributed by atoms with Crippen LogP contribution in [0, 0.1) is 5.92 Å². The van der Waals surface area contributed by atoms with Crippen LogP contribution in [-0.4, -0.2) is 5.97 Å². The van der Waals surface area contributed by atoms with Crippen LogP contribution in [0.1, 0.15) is 39.5 Å². The predicted octanol–water partition coefficient (Wildman–Crippen LogP) is 5.48. The largest absolute Gasteiger partial charge is 0.426 e. The molecule has 22 heavy (non-hydrogen) atoms. The van der Waals surface area contributed by atoms with Crippen molar-refractivity contribution in [1.82, 2.24) is 0 Å². The molecule has 2 aromatic carbocycles. The Labute approximate surface area is 133 Å². The van der Waals surface area contributed by atoms with Gasteiger partial charge >= 0.3 is 5.97 Å². The van der Waals surface area contributed by atoms with E-state index in [2.05, 4.69) is 6.92 Å². The van der Waals surface area contributed by atoms with Gasteiger partial charge in [-0.1, -0.05) is 75.2 Å². The summed E-state index contributed by atoms with van der Waals surface area (Å²) in [6, 6.07) is 17.7. The highest BCUT2D eigenvalue weighted by molar-refractivity contribution is 5.79. The monoisotopic (exact) mass is 296 g/mol. The Hall–Kier alpha value is -2.09. The highest BCUT2D eigenvalue weighted by atomic mass is 16.5. The molecule has 1 unspecified atom stereocenters. The number of para-hydroxylation sites is 1. The summed E-state index contributed by atoms with van der Waals surface area (Å²) in [7, 11) is 0. The summed E-state index contributed by atoms with van der Waals surface area (Å²) >= 11 is 0. The van der Waals surface area contributed by atoms with Gasteiger partial charge in [-0.25, -0.2) is 0 Å². The van der Waals surface area contributed by atoms with Crippen LogP contribution in [0.3, 0.4) is 0 Å². The van der Waals surface area contributed by atoms with Crippen LogP contribution >= 0.6 is 0 Å². The number of benzene rings is 2. The fourth-order valence-electron chi connectivity index (χ4n) is 2.54. The Bertz CT molecular complexity index is 590. The molecule has 0 heterocycles. The fourth-order valence-corrected chi connectivity index (χ4v) is 2.54. The molecule has 0 saturated heterocycles. The molecule has 0 radical (unpaired) electrons. The minimum Gasteiger partial charge on any atom is -0.426 e. The van der Waals surface area contributed by atoms with E-state index in [1.807, 2.05) is 61.5 Å². The van der Waals surface area contributed by atoms with Gasteiger partial charge in [0.05, 0.1) is 5.92 Å². The molecule has 0 aliphatic carbocycles. The Morgan fingerprint density at radius 1 is 1.00 bits per heavy atom. The number of carbonyl (C=O) groups excluding carboxylic acids is 1. The first kappa shape index (κ1) is 16.3. The lowest BCUT2D eigenvalue weighted by Gasteiger charge is -2.15. The van der Waals surface area contributed by atoms with Gasteiger partial charge in [0.25, 0.3) is 0 Å². The summed E-state index contributed by atoms with van der Waals surface area (Å²) in [6.45, 7) is 4.19. The quantitative estimate of drug-likeness (QED) is 0.500. The van der Waals surface area contributed by atoms with E-state index >= 15 is 0 Å². The third-order valence-corrected chi connectivity index (χ3v) is 3.91. The van der Waals surface area contributed by atoms with E-state index in [1.54, 1.807) is 0 Å². The summed E-state index contributed by atoms with van der Waals surface area (Å²) < 4.78 is 5.71. The van der Waals surface area contributed by atoms with Crippen molar-refractivity contribution in [2.45, 2.75) is 39.5 Å². The van der Waals surface area contributed by atoms with Crippen LogP contribution in [0.2, 0.25) is 0 Å². The molecule has 1 atom stereocenters. The predicted molar refractivity (Wildman–Crippen MR) is 90.8 cm³/mol. The van der Waals surface area contributed by atoms with Gasteiger partial charge in [-0.3, -0.25) is 4.79 Å². The molecular formula is C20H24O2. The number of carbonyl (C=O) groups is 1. The second kappa shape index (κ2) is 8.38. The Morgan fingerprint density at radius 3 is 2.36 bits per heavy atom. The normalized spacial score (nSPS) is 11.9. The van der Waals surface area contributed by atoms with E-state index in [-0.39, 0.29) is 11.9 Å². The van der Waals surface area contributed by atoms with E-state index in [0.717, 1.165) is 36.8 Å². The van der Waals surface area contributed by atoms with Gasteiger partial charge in [-0.2, -0.15) is 0 Å². The first-order chi connectivity index (χ1) is 10.8. The minimum absolute atomic E-state index is 0.0104. The highest BCUT2D eigenvalue weighted by Gasteiger charge is 2.19. The van der Waals surface area contributed by atoms with E-state index in [9.17, 15) is 4.79 Å². The van der Waals surface area contributed by atoms with E-state index in [1.165, 1.54) is 0 Å². The maximum Gasteiger partial charge on any atom is 0.314 e. The maximum absolute atomic E-state index is 12.4. The van der Waals surface area contributed by atoms with Gasteiger partial charge in [0.1, 0.15) is 5.75 Å². The first-order valence-electron chi connectivity index (χ1n) is 8.12. The number of unbranched alkanes of at least 4 members (excludes halogenated alkanes) is 1. The molecule has 0 fully saturated rings. The van der Waals surface area contributed by atoms with Gasteiger partial charge in [-0.15, -0.1) is 0 Å². The van der Waals surface area contributed by atoms with Gasteiger partial charge in [0.2, 0.25) is 0 Å². The molecule has 2 heteroatoms. The van der Waals surface area contributed by atoms with Crippen LogP contribution in [0.25, 0.3) is 11.1 Å². The molecular weight excluding hydrogens is 272 g/mol. The van der Waals surface area contributed by atoms with Crippen molar-refractivity contribution in [2.75, 3.05) is 0 Å². The SMILES string of the molecule is CCCCC(CC)C(=O)Oc1ccccc1-c1ccccc1. The topological polar surface area (TPSA) is 26.3 Å². The molecule has 0 spiro atoms. The van der Waals surface area contributed by atoms with Crippen LogP contribution < -0.4 is 4.74 Å². The number of ether oxygens (including phenoxy) is 1. The second-order valence-corrected chi connectivity index (χ2v) is 5.53. The molecule has 0 saturated carbocycles. The van der Waals surface area contributed by atoms with Crippen molar-refractivity contribution in [1.29, 1.82) is 0 Å². The molecule has 2 nitrogen and oxygen atoms in total. The highest BCUT2D eigenvalue weighted by Crippen LogP contribution is 2.30. The number of esters is 1. The van der Waals surface area contributed by atoms with Crippen molar-refractivity contribution in [3.63, 3.8) is 0 Å². The summed E-state index contributed by atoms with van der Waals surface area (Å²) in [6.07, 6.45) is 3.89. The van der Waals surface area contributed by atoms with Gasteiger partial charge < -0.3 is 4.74 Å². The number of hydrogen-bond acceptors (Lipinski definition) is 2. The second-order valence-electron chi connectivity index (χ2n) is 5.53. The lowest BCUT2D eigenvalue weighted by Crippen LogP contribution is -2.20. The van der Waals surface area contributed by atoms with Gasteiger partial charge in [0.15, 0.2) is 0 Å². The van der Waals surface area contributed by atoms with Crippen LogP contribution in [0.5, 0.6) is 5.75 Å². The first-order valence-corrected chi connectivity index (χ1v) is 8.12. The number of rotatable bonds is 7. The average molecular weight is 296 g/mol. The number of hydrogen-bond donors (Lipinski definition) is 0. The maximum atomic E-state index is 12.4. The third kappa shape index (κ3) is 4.20. The van der Waals surface area contributed by atoms with E-state index in [0.29, 0.717) is 5.75 Å². The van der Waals surface area contributed by atoms with E-state index in [4.69, 9.17) is 4.74 Å². The van der Waals surface area contributed by atoms with Crippen LogP contribution in [0.4, 0.5) is 0 Å².